The summed E-state index contributed by atoms with van der Waals surface area (Å²) in [5.74, 6) is -0.402. The smallest absolute Gasteiger partial charge is 0.305 e. The number of morpholine rings is 1. The number of benzene rings is 1. The molecule has 6 heteroatoms. The van der Waals surface area contributed by atoms with Crippen LogP contribution in [0.25, 0.3) is 0 Å². The number of carboxylic acid groups (broad SMARTS) is 1. The molecule has 0 spiro atoms. The van der Waals surface area contributed by atoms with Gasteiger partial charge in [0.15, 0.2) is 0 Å². The molecular weight excluding hydrogens is 274 g/mol. The lowest BCUT2D eigenvalue weighted by atomic mass is 10.1. The van der Waals surface area contributed by atoms with Crippen molar-refractivity contribution >= 4 is 11.9 Å². The normalized spacial score (nSPS) is 18.3. The van der Waals surface area contributed by atoms with Crippen molar-refractivity contribution < 1.29 is 24.2 Å². The number of aliphatic carboxylic acids is 1. The molecule has 0 radical (unpaired) electrons. The van der Waals surface area contributed by atoms with Crippen LogP contribution in [0.15, 0.2) is 24.3 Å². The molecule has 21 heavy (non-hydrogen) atoms. The zero-order chi connectivity index (χ0) is 15.2. The Kier molecular flexibility index (Phi) is 5.16. The molecule has 0 aromatic heterocycles. The number of nitrogens with zero attached hydrogens (tertiary/aromatic N) is 1. The standard InChI is InChI=1S/C15H19NO5/c1-2-21-13-5-3-11(4-6-13)15(19)16-7-8-20-10-12(16)9-14(17)18/h3-6,12H,2,7-10H2,1H3,(H,17,18). The number of hydrogen-bond donors (Lipinski definition) is 1. The number of rotatable bonds is 5. The lowest BCUT2D eigenvalue weighted by Gasteiger charge is -2.34. The minimum atomic E-state index is -0.935. The third-order valence-electron chi connectivity index (χ3n) is 3.31. The maximum atomic E-state index is 12.5. The quantitative estimate of drug-likeness (QED) is 0.888. The number of carboxylic acids is 1. The van der Waals surface area contributed by atoms with Crippen LogP contribution in [0.5, 0.6) is 5.75 Å². The van der Waals surface area contributed by atoms with Crippen LogP contribution >= 0.6 is 0 Å². The van der Waals surface area contributed by atoms with Crippen LogP contribution in [0.4, 0.5) is 0 Å². The zero-order valence-corrected chi connectivity index (χ0v) is 11.9. The molecule has 6 nitrogen and oxygen atoms in total. The van der Waals surface area contributed by atoms with Gasteiger partial charge in [-0.15, -0.1) is 0 Å². The summed E-state index contributed by atoms with van der Waals surface area (Å²) in [6, 6.07) is 6.45. The van der Waals surface area contributed by atoms with Crippen molar-refractivity contribution in [3.8, 4) is 5.75 Å². The van der Waals surface area contributed by atoms with Gasteiger partial charge in [-0.1, -0.05) is 0 Å². The van der Waals surface area contributed by atoms with Crippen molar-refractivity contribution in [2.24, 2.45) is 0 Å². The van der Waals surface area contributed by atoms with E-state index >= 15 is 0 Å². The highest BCUT2D eigenvalue weighted by molar-refractivity contribution is 5.94. The van der Waals surface area contributed by atoms with E-state index in [0.29, 0.717) is 31.1 Å². The third-order valence-corrected chi connectivity index (χ3v) is 3.31. The molecule has 1 aromatic rings. The second-order valence-corrected chi connectivity index (χ2v) is 4.78. The highest BCUT2D eigenvalue weighted by atomic mass is 16.5. The molecule has 1 atom stereocenters. The van der Waals surface area contributed by atoms with Gasteiger partial charge in [0, 0.05) is 12.1 Å². The van der Waals surface area contributed by atoms with Gasteiger partial charge in [0.1, 0.15) is 5.75 Å². The van der Waals surface area contributed by atoms with Gasteiger partial charge in [0.25, 0.3) is 5.91 Å². The summed E-state index contributed by atoms with van der Waals surface area (Å²) in [6.07, 6.45) is -0.108. The average molecular weight is 293 g/mol. The Morgan fingerprint density at radius 3 is 2.71 bits per heavy atom. The maximum absolute atomic E-state index is 12.5. The molecule has 1 unspecified atom stereocenters. The minimum Gasteiger partial charge on any atom is -0.494 e. The first kappa shape index (κ1) is 15.3. The first-order valence-corrected chi connectivity index (χ1v) is 6.95. The molecule has 0 bridgehead atoms. The highest BCUT2D eigenvalue weighted by Crippen LogP contribution is 2.18. The molecule has 1 aliphatic heterocycles. The van der Waals surface area contributed by atoms with E-state index in [0.717, 1.165) is 0 Å². The number of amides is 1. The zero-order valence-electron chi connectivity index (χ0n) is 11.9. The van der Waals surface area contributed by atoms with Gasteiger partial charge >= 0.3 is 5.97 Å². The van der Waals surface area contributed by atoms with Gasteiger partial charge in [-0.25, -0.2) is 0 Å². The monoisotopic (exact) mass is 293 g/mol. The Morgan fingerprint density at radius 1 is 1.38 bits per heavy atom. The molecule has 2 rings (SSSR count). The van der Waals surface area contributed by atoms with Gasteiger partial charge in [-0.2, -0.15) is 0 Å². The average Bonchev–Trinajstić information content (AvgIpc) is 2.48. The lowest BCUT2D eigenvalue weighted by Crippen LogP contribution is -2.49. The molecule has 1 N–H and O–H groups in total. The Hall–Kier alpha value is -2.08. The molecule has 0 aliphatic carbocycles. The Morgan fingerprint density at radius 2 is 2.10 bits per heavy atom. The lowest BCUT2D eigenvalue weighted by molar-refractivity contribution is -0.139. The van der Waals surface area contributed by atoms with E-state index in [4.69, 9.17) is 14.6 Å². The van der Waals surface area contributed by atoms with Crippen LogP contribution in [0.3, 0.4) is 0 Å². The van der Waals surface area contributed by atoms with Crippen LogP contribution in [0, 0.1) is 0 Å². The first-order valence-electron chi connectivity index (χ1n) is 6.95. The number of hydrogen-bond acceptors (Lipinski definition) is 4. The summed E-state index contributed by atoms with van der Waals surface area (Å²) >= 11 is 0. The fourth-order valence-electron chi connectivity index (χ4n) is 2.32. The van der Waals surface area contributed by atoms with Gasteiger partial charge < -0.3 is 19.5 Å². The van der Waals surface area contributed by atoms with Gasteiger partial charge in [-0.05, 0) is 31.2 Å². The molecule has 1 heterocycles. The van der Waals surface area contributed by atoms with E-state index in [9.17, 15) is 9.59 Å². The van der Waals surface area contributed by atoms with E-state index in [2.05, 4.69) is 0 Å². The molecular formula is C15H19NO5. The second-order valence-electron chi connectivity index (χ2n) is 4.78. The molecule has 1 aromatic carbocycles. The number of carbonyl (C=O) groups excluding carboxylic acids is 1. The van der Waals surface area contributed by atoms with Crippen molar-refractivity contribution in [1.82, 2.24) is 4.90 Å². The Balaban J connectivity index is 2.10. The topological polar surface area (TPSA) is 76.1 Å². The third kappa shape index (κ3) is 3.95. The van der Waals surface area contributed by atoms with Gasteiger partial charge in [0.05, 0.1) is 32.3 Å². The van der Waals surface area contributed by atoms with Crippen molar-refractivity contribution in [1.29, 1.82) is 0 Å². The first-order chi connectivity index (χ1) is 10.1. The fraction of sp³-hybridized carbons (Fsp3) is 0.467. The minimum absolute atomic E-state index is 0.108. The van der Waals surface area contributed by atoms with Crippen LogP contribution in [0.2, 0.25) is 0 Å². The Labute approximate surface area is 123 Å². The van der Waals surface area contributed by atoms with Crippen molar-refractivity contribution in [2.45, 2.75) is 19.4 Å². The SMILES string of the molecule is CCOc1ccc(C(=O)N2CCOCC2CC(=O)O)cc1. The van der Waals surface area contributed by atoms with Crippen LogP contribution in [-0.2, 0) is 9.53 Å². The summed E-state index contributed by atoms with van der Waals surface area (Å²) in [6.45, 7) is 3.55. The molecule has 1 fully saturated rings. The summed E-state index contributed by atoms with van der Waals surface area (Å²) in [5.41, 5.74) is 0.524. The van der Waals surface area contributed by atoms with E-state index in [1.807, 2.05) is 6.92 Å². The van der Waals surface area contributed by atoms with Crippen LogP contribution in [0.1, 0.15) is 23.7 Å². The predicted molar refractivity (Wildman–Crippen MR) is 75.5 cm³/mol. The maximum Gasteiger partial charge on any atom is 0.305 e. The Bertz CT molecular complexity index is 499. The summed E-state index contributed by atoms with van der Waals surface area (Å²) < 4.78 is 10.6. The second kappa shape index (κ2) is 7.08. The molecule has 1 amide bonds. The molecule has 114 valence electrons. The van der Waals surface area contributed by atoms with Gasteiger partial charge in [-0.3, -0.25) is 9.59 Å². The largest absolute Gasteiger partial charge is 0.494 e. The van der Waals surface area contributed by atoms with E-state index < -0.39 is 12.0 Å². The predicted octanol–water partition coefficient (Wildman–Crippen LogP) is 1.40. The van der Waals surface area contributed by atoms with Crippen molar-refractivity contribution in [3.63, 3.8) is 0 Å². The molecule has 0 saturated carbocycles. The van der Waals surface area contributed by atoms with Gasteiger partial charge in [0.2, 0.25) is 0 Å². The van der Waals surface area contributed by atoms with Crippen molar-refractivity contribution in [3.05, 3.63) is 29.8 Å². The van der Waals surface area contributed by atoms with Crippen molar-refractivity contribution in [2.75, 3.05) is 26.4 Å². The van der Waals surface area contributed by atoms with Crippen LogP contribution in [-0.4, -0.2) is 54.3 Å². The highest BCUT2D eigenvalue weighted by Gasteiger charge is 2.29. The fourth-order valence-corrected chi connectivity index (χ4v) is 2.32. The van der Waals surface area contributed by atoms with E-state index in [-0.39, 0.29) is 18.9 Å². The number of ether oxygens (including phenoxy) is 2. The van der Waals surface area contributed by atoms with Crippen LogP contribution < -0.4 is 4.74 Å². The number of carbonyl (C=O) groups is 2. The summed E-state index contributed by atoms with van der Waals surface area (Å²) in [4.78, 5) is 25.0. The van der Waals surface area contributed by atoms with E-state index in [1.165, 1.54) is 0 Å². The van der Waals surface area contributed by atoms with E-state index in [1.54, 1.807) is 29.2 Å². The summed E-state index contributed by atoms with van der Waals surface area (Å²) in [5, 5.41) is 8.92. The molecule has 1 aliphatic rings. The summed E-state index contributed by atoms with van der Waals surface area (Å²) in [7, 11) is 0. The molecule has 1 saturated heterocycles.